The maximum absolute atomic E-state index is 12.3. The van der Waals surface area contributed by atoms with Crippen LogP contribution in [-0.2, 0) is 11.4 Å². The van der Waals surface area contributed by atoms with Crippen LogP contribution in [-0.4, -0.2) is 24.1 Å². The summed E-state index contributed by atoms with van der Waals surface area (Å²) in [6.45, 7) is 0.287. The van der Waals surface area contributed by atoms with Crippen molar-refractivity contribution >= 4 is 52.1 Å². The van der Waals surface area contributed by atoms with Crippen LogP contribution in [0.15, 0.2) is 72.4 Å². The highest BCUT2D eigenvalue weighted by atomic mass is 127. The average molecular weight is 564 g/mol. The standard InChI is InChI=1S/C24H19ClINO5/c1-31-21-13-16(11-19(25)22(21)32-14-15-7-9-18(26)10-8-15)12-20(24(29)30)27-23(28)17-5-3-2-4-6-17/h2-13H,14H2,1H3,(H,27,28)(H,29,30)/b20-12+. The van der Waals surface area contributed by atoms with E-state index >= 15 is 0 Å². The number of carbonyl (C=O) groups is 2. The van der Waals surface area contributed by atoms with Gasteiger partial charge in [0.15, 0.2) is 11.5 Å². The van der Waals surface area contributed by atoms with E-state index in [-0.39, 0.29) is 17.3 Å². The van der Waals surface area contributed by atoms with Crippen molar-refractivity contribution in [3.05, 3.63) is 97.7 Å². The highest BCUT2D eigenvalue weighted by Gasteiger charge is 2.16. The second kappa shape index (κ2) is 11.0. The number of amides is 1. The summed E-state index contributed by atoms with van der Waals surface area (Å²) in [6.07, 6.45) is 1.31. The van der Waals surface area contributed by atoms with Crippen molar-refractivity contribution in [3.8, 4) is 11.5 Å². The van der Waals surface area contributed by atoms with Gasteiger partial charge in [0.05, 0.1) is 12.1 Å². The number of benzene rings is 3. The maximum atomic E-state index is 12.3. The van der Waals surface area contributed by atoms with Gasteiger partial charge >= 0.3 is 5.97 Å². The van der Waals surface area contributed by atoms with Crippen LogP contribution in [0.5, 0.6) is 11.5 Å². The van der Waals surface area contributed by atoms with E-state index in [0.717, 1.165) is 9.13 Å². The quantitative estimate of drug-likeness (QED) is 0.284. The number of aliphatic carboxylic acids is 1. The molecular formula is C24H19ClINO5. The van der Waals surface area contributed by atoms with E-state index < -0.39 is 11.9 Å². The van der Waals surface area contributed by atoms with Crippen molar-refractivity contribution in [2.45, 2.75) is 6.61 Å². The van der Waals surface area contributed by atoms with Gasteiger partial charge < -0.3 is 19.9 Å². The molecule has 0 fully saturated rings. The lowest BCUT2D eigenvalue weighted by molar-refractivity contribution is -0.132. The van der Waals surface area contributed by atoms with Crippen LogP contribution >= 0.6 is 34.2 Å². The third-order valence-corrected chi connectivity index (χ3v) is 5.37. The lowest BCUT2D eigenvalue weighted by Gasteiger charge is -2.14. The zero-order valence-electron chi connectivity index (χ0n) is 17.0. The molecule has 0 aliphatic carbocycles. The molecule has 3 aromatic rings. The number of carboxylic acids is 1. The number of rotatable bonds is 8. The molecule has 0 aliphatic heterocycles. The summed E-state index contributed by atoms with van der Waals surface area (Å²) < 4.78 is 12.4. The topological polar surface area (TPSA) is 84.9 Å². The van der Waals surface area contributed by atoms with E-state index in [0.29, 0.717) is 22.6 Å². The Morgan fingerprint density at radius 1 is 1.09 bits per heavy atom. The number of hydrogen-bond acceptors (Lipinski definition) is 4. The van der Waals surface area contributed by atoms with Crippen molar-refractivity contribution in [1.29, 1.82) is 0 Å². The number of hydrogen-bond donors (Lipinski definition) is 2. The summed E-state index contributed by atoms with van der Waals surface area (Å²) >= 11 is 8.62. The maximum Gasteiger partial charge on any atom is 0.352 e. The smallest absolute Gasteiger partial charge is 0.352 e. The van der Waals surface area contributed by atoms with Crippen LogP contribution in [0.3, 0.4) is 0 Å². The van der Waals surface area contributed by atoms with E-state index in [1.54, 1.807) is 42.5 Å². The number of halogens is 2. The van der Waals surface area contributed by atoms with Gasteiger partial charge in [-0.3, -0.25) is 4.79 Å². The first-order chi connectivity index (χ1) is 15.4. The molecule has 0 heterocycles. The Morgan fingerprint density at radius 2 is 1.78 bits per heavy atom. The van der Waals surface area contributed by atoms with Crippen molar-refractivity contribution < 1.29 is 24.2 Å². The molecule has 32 heavy (non-hydrogen) atoms. The summed E-state index contributed by atoms with van der Waals surface area (Å²) in [4.78, 5) is 24.0. The molecule has 6 nitrogen and oxygen atoms in total. The summed E-state index contributed by atoms with van der Waals surface area (Å²) in [7, 11) is 1.46. The average Bonchev–Trinajstić information content (AvgIpc) is 2.79. The molecule has 0 aromatic heterocycles. The minimum absolute atomic E-state index is 0.250. The van der Waals surface area contributed by atoms with Crippen molar-refractivity contribution in [2.24, 2.45) is 0 Å². The molecule has 0 spiro atoms. The normalized spacial score (nSPS) is 11.0. The molecule has 0 bridgehead atoms. The molecule has 3 rings (SSSR count). The van der Waals surface area contributed by atoms with Crippen molar-refractivity contribution in [1.82, 2.24) is 5.32 Å². The van der Waals surface area contributed by atoms with E-state index in [4.69, 9.17) is 21.1 Å². The van der Waals surface area contributed by atoms with Gasteiger partial charge in [0, 0.05) is 9.13 Å². The molecule has 0 unspecified atom stereocenters. The summed E-state index contributed by atoms with van der Waals surface area (Å²) in [5.41, 5.74) is 1.43. The number of carbonyl (C=O) groups excluding carboxylic acids is 1. The number of methoxy groups -OCH3 is 1. The first-order valence-electron chi connectivity index (χ1n) is 9.43. The van der Waals surface area contributed by atoms with Gasteiger partial charge in [0.2, 0.25) is 0 Å². The van der Waals surface area contributed by atoms with Crippen LogP contribution in [0.4, 0.5) is 0 Å². The molecule has 164 valence electrons. The molecule has 0 aliphatic rings. The monoisotopic (exact) mass is 563 g/mol. The fourth-order valence-electron chi connectivity index (χ4n) is 2.80. The van der Waals surface area contributed by atoms with E-state index in [1.165, 1.54) is 13.2 Å². The SMILES string of the molecule is COc1cc(/C=C(/NC(=O)c2ccccc2)C(=O)O)cc(Cl)c1OCc1ccc(I)cc1. The number of carboxylic acid groups (broad SMARTS) is 1. The molecule has 0 atom stereocenters. The van der Waals surface area contributed by atoms with Crippen molar-refractivity contribution in [3.63, 3.8) is 0 Å². The zero-order chi connectivity index (χ0) is 23.1. The van der Waals surface area contributed by atoms with Gasteiger partial charge in [-0.05, 0) is 76.2 Å². The predicted molar refractivity (Wildman–Crippen MR) is 131 cm³/mol. The lowest BCUT2D eigenvalue weighted by Crippen LogP contribution is -2.27. The minimum Gasteiger partial charge on any atom is -0.493 e. The second-order valence-corrected chi connectivity index (χ2v) is 8.29. The molecular weight excluding hydrogens is 545 g/mol. The van der Waals surface area contributed by atoms with Crippen molar-refractivity contribution in [2.75, 3.05) is 7.11 Å². The van der Waals surface area contributed by atoms with Gasteiger partial charge in [-0.15, -0.1) is 0 Å². The molecule has 1 amide bonds. The molecule has 8 heteroatoms. The van der Waals surface area contributed by atoms with Gasteiger partial charge in [-0.25, -0.2) is 4.79 Å². The van der Waals surface area contributed by atoms with Crippen LogP contribution in [0.25, 0.3) is 6.08 Å². The number of nitrogens with one attached hydrogen (secondary N) is 1. The third-order valence-electron chi connectivity index (χ3n) is 4.37. The Bertz CT molecular complexity index is 1150. The second-order valence-electron chi connectivity index (χ2n) is 6.63. The predicted octanol–water partition coefficient (Wildman–Crippen LogP) is 5.39. The van der Waals surface area contributed by atoms with Crippen LogP contribution < -0.4 is 14.8 Å². The largest absolute Gasteiger partial charge is 0.493 e. The van der Waals surface area contributed by atoms with E-state index in [1.807, 2.05) is 24.3 Å². The Morgan fingerprint density at radius 3 is 2.41 bits per heavy atom. The molecule has 0 radical (unpaired) electrons. The summed E-state index contributed by atoms with van der Waals surface area (Å²) in [5.74, 6) is -1.14. The summed E-state index contributed by atoms with van der Waals surface area (Å²) in [6, 6.07) is 19.3. The van der Waals surface area contributed by atoms with Crippen LogP contribution in [0.1, 0.15) is 21.5 Å². The Hall–Kier alpha value is -3.04. The summed E-state index contributed by atoms with van der Waals surface area (Å²) in [5, 5.41) is 12.2. The lowest BCUT2D eigenvalue weighted by atomic mass is 10.1. The van der Waals surface area contributed by atoms with Gasteiger partial charge in [0.1, 0.15) is 12.3 Å². The number of ether oxygens (including phenoxy) is 2. The minimum atomic E-state index is -1.29. The molecule has 2 N–H and O–H groups in total. The van der Waals surface area contributed by atoms with Gasteiger partial charge in [0.25, 0.3) is 5.91 Å². The van der Waals surface area contributed by atoms with E-state index in [9.17, 15) is 14.7 Å². The highest BCUT2D eigenvalue weighted by Crippen LogP contribution is 2.37. The Balaban J connectivity index is 1.83. The fourth-order valence-corrected chi connectivity index (χ4v) is 3.43. The third kappa shape index (κ3) is 6.24. The molecule has 0 saturated heterocycles. The highest BCUT2D eigenvalue weighted by molar-refractivity contribution is 14.1. The first kappa shape index (κ1) is 23.6. The van der Waals surface area contributed by atoms with E-state index in [2.05, 4.69) is 27.9 Å². The Kier molecular flexibility index (Phi) is 8.13. The molecule has 3 aromatic carbocycles. The zero-order valence-corrected chi connectivity index (χ0v) is 19.9. The van der Waals surface area contributed by atoms with Crippen LogP contribution in [0.2, 0.25) is 5.02 Å². The van der Waals surface area contributed by atoms with Gasteiger partial charge in [-0.1, -0.05) is 41.9 Å². The first-order valence-corrected chi connectivity index (χ1v) is 10.9. The van der Waals surface area contributed by atoms with Crippen LogP contribution in [0, 0.1) is 3.57 Å². The molecule has 0 saturated carbocycles. The van der Waals surface area contributed by atoms with Gasteiger partial charge in [-0.2, -0.15) is 0 Å². The Labute approximate surface area is 204 Å². The fraction of sp³-hybridized carbons (Fsp3) is 0.0833.